The highest BCUT2D eigenvalue weighted by Gasteiger charge is 2.08. The van der Waals surface area contributed by atoms with Gasteiger partial charge >= 0.3 is 0 Å². The monoisotopic (exact) mass is 165 g/mol. The van der Waals surface area contributed by atoms with E-state index >= 15 is 0 Å². The van der Waals surface area contributed by atoms with E-state index in [1.165, 1.54) is 4.68 Å². The summed E-state index contributed by atoms with van der Waals surface area (Å²) in [5.74, 6) is 6.14. The molecule has 0 unspecified atom stereocenters. The summed E-state index contributed by atoms with van der Waals surface area (Å²) in [4.78, 5) is 0. The quantitative estimate of drug-likeness (QED) is 0.467. The van der Waals surface area contributed by atoms with Gasteiger partial charge in [-0.1, -0.05) is 0 Å². The topological polar surface area (TPSA) is 111 Å². The van der Waals surface area contributed by atoms with Crippen LogP contribution in [0.2, 0.25) is 0 Å². The SMILES string of the molecule is Nc1nnc(-c2ccn[nH]2)n1N. The molecule has 12 heavy (non-hydrogen) atoms. The molecule has 5 N–H and O–H groups in total. The van der Waals surface area contributed by atoms with Crippen molar-refractivity contribution in [2.24, 2.45) is 0 Å². The summed E-state index contributed by atoms with van der Waals surface area (Å²) >= 11 is 0. The van der Waals surface area contributed by atoms with E-state index in [4.69, 9.17) is 11.6 Å². The first-order valence-electron chi connectivity index (χ1n) is 3.25. The highest BCUT2D eigenvalue weighted by atomic mass is 15.4. The van der Waals surface area contributed by atoms with Crippen molar-refractivity contribution in [1.82, 2.24) is 25.1 Å². The number of hydrogen-bond donors (Lipinski definition) is 3. The van der Waals surface area contributed by atoms with E-state index in [-0.39, 0.29) is 5.95 Å². The molecule has 7 heteroatoms. The van der Waals surface area contributed by atoms with E-state index in [0.717, 1.165) is 0 Å². The Morgan fingerprint density at radius 1 is 1.42 bits per heavy atom. The van der Waals surface area contributed by atoms with Crippen molar-refractivity contribution >= 4 is 5.95 Å². The third-order valence-corrected chi connectivity index (χ3v) is 1.46. The third-order valence-electron chi connectivity index (χ3n) is 1.46. The van der Waals surface area contributed by atoms with Gasteiger partial charge in [0.1, 0.15) is 5.69 Å². The van der Waals surface area contributed by atoms with Crippen LogP contribution in [0.5, 0.6) is 0 Å². The zero-order chi connectivity index (χ0) is 8.55. The number of nitrogen functional groups attached to an aromatic ring is 2. The Kier molecular flexibility index (Phi) is 1.23. The van der Waals surface area contributed by atoms with Crippen LogP contribution in [0.1, 0.15) is 0 Å². The Labute approximate surface area is 67.4 Å². The van der Waals surface area contributed by atoms with E-state index in [1.54, 1.807) is 12.3 Å². The van der Waals surface area contributed by atoms with Gasteiger partial charge in [-0.25, -0.2) is 4.68 Å². The number of rotatable bonds is 1. The van der Waals surface area contributed by atoms with Gasteiger partial charge in [-0.05, 0) is 6.07 Å². The molecule has 0 atom stereocenters. The molecule has 0 aliphatic rings. The summed E-state index contributed by atoms with van der Waals surface area (Å²) in [6.07, 6.45) is 1.60. The standard InChI is InChI=1S/C5H7N7/c6-5-11-10-4(12(5)7)3-1-2-8-9-3/h1-2H,7H2,(H2,6,11)(H,8,9). The third kappa shape index (κ3) is 0.797. The van der Waals surface area contributed by atoms with Gasteiger partial charge in [0, 0.05) is 6.20 Å². The maximum Gasteiger partial charge on any atom is 0.241 e. The van der Waals surface area contributed by atoms with Crippen LogP contribution in [0.15, 0.2) is 12.3 Å². The van der Waals surface area contributed by atoms with Gasteiger partial charge in [-0.15, -0.1) is 10.2 Å². The van der Waals surface area contributed by atoms with Crippen LogP contribution in [0.25, 0.3) is 11.5 Å². The lowest BCUT2D eigenvalue weighted by Crippen LogP contribution is -2.13. The van der Waals surface area contributed by atoms with E-state index < -0.39 is 0 Å². The molecule has 0 radical (unpaired) electrons. The van der Waals surface area contributed by atoms with Gasteiger partial charge in [0.05, 0.1) is 0 Å². The highest BCUT2D eigenvalue weighted by molar-refractivity contribution is 5.50. The number of anilines is 1. The summed E-state index contributed by atoms with van der Waals surface area (Å²) in [5, 5.41) is 13.8. The van der Waals surface area contributed by atoms with Crippen LogP contribution >= 0.6 is 0 Å². The molecular weight excluding hydrogens is 158 g/mol. The van der Waals surface area contributed by atoms with Crippen molar-refractivity contribution in [3.63, 3.8) is 0 Å². The predicted molar refractivity (Wildman–Crippen MR) is 42.2 cm³/mol. The van der Waals surface area contributed by atoms with E-state index in [0.29, 0.717) is 11.5 Å². The molecule has 0 fully saturated rings. The van der Waals surface area contributed by atoms with Gasteiger partial charge in [-0.2, -0.15) is 5.10 Å². The molecular formula is C5H7N7. The molecule has 0 saturated carbocycles. The second kappa shape index (κ2) is 2.22. The van der Waals surface area contributed by atoms with E-state index in [2.05, 4.69) is 20.4 Å². The van der Waals surface area contributed by atoms with E-state index in [9.17, 15) is 0 Å². The first kappa shape index (κ1) is 6.65. The molecule has 0 spiro atoms. The second-order valence-electron chi connectivity index (χ2n) is 2.22. The Balaban J connectivity index is 2.55. The largest absolute Gasteiger partial charge is 0.366 e. The molecule has 2 aromatic rings. The number of nitrogens with two attached hydrogens (primary N) is 2. The lowest BCUT2D eigenvalue weighted by Gasteiger charge is -1.96. The van der Waals surface area contributed by atoms with Gasteiger partial charge in [0.2, 0.25) is 11.8 Å². The minimum absolute atomic E-state index is 0.166. The molecule has 2 heterocycles. The summed E-state index contributed by atoms with van der Waals surface area (Å²) in [5.41, 5.74) is 6.06. The first-order chi connectivity index (χ1) is 5.79. The lowest BCUT2D eigenvalue weighted by atomic mass is 10.4. The van der Waals surface area contributed by atoms with Gasteiger partial charge in [0.25, 0.3) is 0 Å². The minimum Gasteiger partial charge on any atom is -0.366 e. The van der Waals surface area contributed by atoms with Gasteiger partial charge < -0.3 is 11.6 Å². The van der Waals surface area contributed by atoms with Crippen LogP contribution in [-0.2, 0) is 0 Å². The van der Waals surface area contributed by atoms with E-state index in [1.807, 2.05) is 0 Å². The smallest absolute Gasteiger partial charge is 0.241 e. The molecule has 0 aromatic carbocycles. The maximum atomic E-state index is 5.51. The van der Waals surface area contributed by atoms with Crippen molar-refractivity contribution in [1.29, 1.82) is 0 Å². The Hall–Kier alpha value is -2.05. The molecule has 0 saturated heterocycles. The summed E-state index contributed by atoms with van der Waals surface area (Å²) in [6.45, 7) is 0. The second-order valence-corrected chi connectivity index (χ2v) is 2.22. The number of nitrogens with one attached hydrogen (secondary N) is 1. The Bertz CT molecular complexity index is 372. The highest BCUT2D eigenvalue weighted by Crippen LogP contribution is 2.12. The molecule has 2 aromatic heterocycles. The number of nitrogens with zero attached hydrogens (tertiary/aromatic N) is 4. The molecule has 0 bridgehead atoms. The van der Waals surface area contributed by atoms with Crippen molar-refractivity contribution in [2.45, 2.75) is 0 Å². The van der Waals surface area contributed by atoms with Crippen LogP contribution < -0.4 is 11.6 Å². The van der Waals surface area contributed by atoms with Crippen LogP contribution in [-0.4, -0.2) is 25.1 Å². The average molecular weight is 165 g/mol. The number of aromatic amines is 1. The zero-order valence-corrected chi connectivity index (χ0v) is 6.10. The summed E-state index contributed by atoms with van der Waals surface area (Å²) < 4.78 is 1.19. The van der Waals surface area contributed by atoms with Crippen molar-refractivity contribution in [2.75, 3.05) is 11.6 Å². The summed E-state index contributed by atoms with van der Waals surface area (Å²) in [6, 6.07) is 1.73. The van der Waals surface area contributed by atoms with Crippen molar-refractivity contribution in [3.05, 3.63) is 12.3 Å². The molecule has 0 aliphatic carbocycles. The minimum atomic E-state index is 0.166. The van der Waals surface area contributed by atoms with Crippen LogP contribution in [0.3, 0.4) is 0 Å². The van der Waals surface area contributed by atoms with Crippen molar-refractivity contribution < 1.29 is 0 Å². The van der Waals surface area contributed by atoms with Gasteiger partial charge in [0.15, 0.2) is 0 Å². The Morgan fingerprint density at radius 3 is 2.75 bits per heavy atom. The van der Waals surface area contributed by atoms with Crippen LogP contribution in [0.4, 0.5) is 5.95 Å². The predicted octanol–water partition coefficient (Wildman–Crippen LogP) is -1.04. The fraction of sp³-hybridized carbons (Fsp3) is 0. The molecule has 62 valence electrons. The van der Waals surface area contributed by atoms with Crippen LogP contribution in [0, 0.1) is 0 Å². The zero-order valence-electron chi connectivity index (χ0n) is 6.10. The molecule has 0 amide bonds. The number of hydrogen-bond acceptors (Lipinski definition) is 5. The van der Waals surface area contributed by atoms with Crippen molar-refractivity contribution in [3.8, 4) is 11.5 Å². The fourth-order valence-electron chi connectivity index (χ4n) is 0.868. The lowest BCUT2D eigenvalue weighted by molar-refractivity contribution is 0.995. The molecule has 2 rings (SSSR count). The fourth-order valence-corrected chi connectivity index (χ4v) is 0.868. The normalized spacial score (nSPS) is 10.3. The number of H-pyrrole nitrogens is 1. The number of aromatic nitrogens is 5. The first-order valence-corrected chi connectivity index (χ1v) is 3.25. The Morgan fingerprint density at radius 2 is 2.25 bits per heavy atom. The summed E-state index contributed by atoms with van der Waals surface area (Å²) in [7, 11) is 0. The molecule has 7 nitrogen and oxygen atoms in total. The average Bonchev–Trinajstić information content (AvgIpc) is 2.64. The maximum absolute atomic E-state index is 5.51. The van der Waals surface area contributed by atoms with Gasteiger partial charge in [-0.3, -0.25) is 5.10 Å². The molecule has 0 aliphatic heterocycles.